The molecule has 1 rings (SSSR count). The zero-order valence-corrected chi connectivity index (χ0v) is 12.6. The molecule has 0 bridgehead atoms. The van der Waals surface area contributed by atoms with Gasteiger partial charge in [-0.1, -0.05) is 24.3 Å². The van der Waals surface area contributed by atoms with Gasteiger partial charge in [-0.15, -0.1) is 0 Å². The first kappa shape index (κ1) is 17.6. The van der Waals surface area contributed by atoms with Crippen LogP contribution in [0.25, 0.3) is 0 Å². The number of Topliss-reactive ketones (excluding diaryl/α,β-unsaturated/α-hetero) is 2. The highest BCUT2D eigenvalue weighted by Crippen LogP contribution is 2.10. The minimum atomic E-state index is -0.588. The number of ketones is 2. The third-order valence-electron chi connectivity index (χ3n) is 2.75. The molecule has 0 unspecified atom stereocenters. The van der Waals surface area contributed by atoms with Gasteiger partial charge in [-0.25, -0.2) is 0 Å². The fraction of sp³-hybridized carbons (Fsp3) is 0.375. The zero-order valence-electron chi connectivity index (χ0n) is 12.6. The molecule has 1 aromatic carbocycles. The first-order chi connectivity index (χ1) is 10.5. The highest BCUT2D eigenvalue weighted by atomic mass is 16.5. The summed E-state index contributed by atoms with van der Waals surface area (Å²) in [6.07, 6.45) is -0.687. The maximum Gasteiger partial charge on any atom is 0.313 e. The summed E-state index contributed by atoms with van der Waals surface area (Å²) in [5.74, 6) is -1.95. The zero-order chi connectivity index (χ0) is 16.5. The van der Waals surface area contributed by atoms with Gasteiger partial charge in [-0.2, -0.15) is 0 Å². The van der Waals surface area contributed by atoms with Crippen molar-refractivity contribution in [3.63, 3.8) is 0 Å². The van der Waals surface area contributed by atoms with Crippen LogP contribution >= 0.6 is 0 Å². The van der Waals surface area contributed by atoms with Crippen molar-refractivity contribution < 1.29 is 28.7 Å². The van der Waals surface area contributed by atoms with Gasteiger partial charge in [-0.3, -0.25) is 19.2 Å². The number of hydrogen-bond donors (Lipinski definition) is 0. The molecule has 0 saturated heterocycles. The van der Waals surface area contributed by atoms with Crippen LogP contribution in [0.2, 0.25) is 0 Å². The molecule has 0 N–H and O–H groups in total. The number of benzene rings is 1. The molecular weight excluding hydrogens is 288 g/mol. The van der Waals surface area contributed by atoms with Crippen LogP contribution in [-0.2, 0) is 19.1 Å². The van der Waals surface area contributed by atoms with Crippen molar-refractivity contribution >= 4 is 23.5 Å². The Bertz CT molecular complexity index is 508. The molecule has 118 valence electrons. The van der Waals surface area contributed by atoms with Gasteiger partial charge in [0.15, 0.2) is 11.6 Å². The van der Waals surface area contributed by atoms with E-state index in [2.05, 4.69) is 0 Å². The van der Waals surface area contributed by atoms with E-state index >= 15 is 0 Å². The molecule has 0 aromatic heterocycles. The van der Waals surface area contributed by atoms with Gasteiger partial charge in [0.05, 0.1) is 13.2 Å². The van der Waals surface area contributed by atoms with E-state index < -0.39 is 11.9 Å². The van der Waals surface area contributed by atoms with E-state index in [4.69, 9.17) is 9.47 Å². The maximum atomic E-state index is 11.8. The molecule has 0 aliphatic rings. The summed E-state index contributed by atoms with van der Waals surface area (Å²) in [7, 11) is 0. The molecule has 6 heteroatoms. The Kier molecular flexibility index (Phi) is 6.95. The molecule has 0 atom stereocenters. The van der Waals surface area contributed by atoms with Crippen LogP contribution in [0.4, 0.5) is 0 Å². The van der Waals surface area contributed by atoms with E-state index in [9.17, 15) is 19.2 Å². The monoisotopic (exact) mass is 306 g/mol. The highest BCUT2D eigenvalue weighted by Gasteiger charge is 2.15. The van der Waals surface area contributed by atoms with Crippen molar-refractivity contribution in [1.29, 1.82) is 0 Å². The fourth-order valence-electron chi connectivity index (χ4n) is 1.73. The smallest absolute Gasteiger partial charge is 0.313 e. The first-order valence-corrected chi connectivity index (χ1v) is 6.95. The van der Waals surface area contributed by atoms with Crippen molar-refractivity contribution in [2.75, 3.05) is 13.2 Å². The average molecular weight is 306 g/mol. The standard InChI is InChI=1S/C16H18O6/c1-3-21-15(19)9-13(17)11-5-7-12(8-6-11)14(18)10-16(20)22-4-2/h5-8H,3-4,9-10H2,1-2H3. The van der Waals surface area contributed by atoms with Crippen LogP contribution in [0.1, 0.15) is 47.4 Å². The van der Waals surface area contributed by atoms with E-state index in [-0.39, 0.29) is 37.6 Å². The Balaban J connectivity index is 2.66. The first-order valence-electron chi connectivity index (χ1n) is 6.95. The summed E-state index contributed by atoms with van der Waals surface area (Å²) in [5, 5.41) is 0. The van der Waals surface area contributed by atoms with Crippen LogP contribution in [-0.4, -0.2) is 36.7 Å². The molecular formula is C16H18O6. The van der Waals surface area contributed by atoms with Gasteiger partial charge in [-0.05, 0) is 13.8 Å². The molecule has 0 aliphatic carbocycles. The molecule has 0 heterocycles. The summed E-state index contributed by atoms with van der Waals surface area (Å²) in [5.41, 5.74) is 0.612. The predicted molar refractivity (Wildman–Crippen MR) is 77.6 cm³/mol. The van der Waals surface area contributed by atoms with Gasteiger partial charge >= 0.3 is 11.9 Å². The van der Waals surface area contributed by atoms with Crippen LogP contribution < -0.4 is 0 Å². The Morgan fingerprint density at radius 1 is 0.727 bits per heavy atom. The lowest BCUT2D eigenvalue weighted by atomic mass is 10.0. The third kappa shape index (κ3) is 5.47. The molecule has 0 spiro atoms. The van der Waals surface area contributed by atoms with E-state index in [0.717, 1.165) is 0 Å². The Labute approximate surface area is 128 Å². The van der Waals surface area contributed by atoms with Crippen molar-refractivity contribution in [3.05, 3.63) is 35.4 Å². The lowest BCUT2D eigenvalue weighted by Crippen LogP contribution is -2.13. The lowest BCUT2D eigenvalue weighted by Gasteiger charge is -2.04. The normalized spacial score (nSPS) is 9.91. The minimum absolute atomic E-state index is 0.216. The fourth-order valence-corrected chi connectivity index (χ4v) is 1.73. The number of carbonyl (C=O) groups excluding carboxylic acids is 4. The van der Waals surface area contributed by atoms with Gasteiger partial charge < -0.3 is 9.47 Å². The van der Waals surface area contributed by atoms with E-state index in [0.29, 0.717) is 11.1 Å². The van der Waals surface area contributed by atoms with Crippen LogP contribution in [0.5, 0.6) is 0 Å². The highest BCUT2D eigenvalue weighted by molar-refractivity contribution is 6.08. The van der Waals surface area contributed by atoms with E-state index in [1.54, 1.807) is 13.8 Å². The minimum Gasteiger partial charge on any atom is -0.466 e. The van der Waals surface area contributed by atoms with Crippen molar-refractivity contribution in [2.24, 2.45) is 0 Å². The van der Waals surface area contributed by atoms with Crippen molar-refractivity contribution in [3.8, 4) is 0 Å². The Morgan fingerprint density at radius 3 is 1.32 bits per heavy atom. The predicted octanol–water partition coefficient (Wildman–Crippen LogP) is 1.96. The second-order valence-corrected chi connectivity index (χ2v) is 4.39. The topological polar surface area (TPSA) is 86.7 Å². The number of carbonyl (C=O) groups is 4. The van der Waals surface area contributed by atoms with Crippen molar-refractivity contribution in [1.82, 2.24) is 0 Å². The van der Waals surface area contributed by atoms with Gasteiger partial charge in [0.2, 0.25) is 0 Å². The summed E-state index contributed by atoms with van der Waals surface area (Å²) < 4.78 is 9.39. The summed E-state index contributed by atoms with van der Waals surface area (Å²) in [4.78, 5) is 46.1. The Hall–Kier alpha value is -2.50. The molecule has 0 amide bonds. The van der Waals surface area contributed by atoms with Crippen LogP contribution in [0, 0.1) is 0 Å². The number of rotatable bonds is 8. The lowest BCUT2D eigenvalue weighted by molar-refractivity contribution is -0.143. The summed E-state index contributed by atoms with van der Waals surface area (Å²) in [6, 6.07) is 5.78. The van der Waals surface area contributed by atoms with E-state index in [1.165, 1.54) is 24.3 Å². The quantitative estimate of drug-likeness (QED) is 0.414. The molecule has 22 heavy (non-hydrogen) atoms. The van der Waals surface area contributed by atoms with Crippen LogP contribution in [0.3, 0.4) is 0 Å². The molecule has 0 saturated carbocycles. The summed E-state index contributed by atoms with van der Waals surface area (Å²) >= 11 is 0. The number of hydrogen-bond acceptors (Lipinski definition) is 6. The molecule has 0 fully saturated rings. The maximum absolute atomic E-state index is 11.8. The van der Waals surface area contributed by atoms with E-state index in [1.807, 2.05) is 0 Å². The van der Waals surface area contributed by atoms with Gasteiger partial charge in [0, 0.05) is 11.1 Å². The van der Waals surface area contributed by atoms with Crippen molar-refractivity contribution in [2.45, 2.75) is 26.7 Å². The third-order valence-corrected chi connectivity index (χ3v) is 2.75. The average Bonchev–Trinajstić information content (AvgIpc) is 2.47. The second-order valence-electron chi connectivity index (χ2n) is 4.39. The number of esters is 2. The molecule has 1 aromatic rings. The van der Waals surface area contributed by atoms with Gasteiger partial charge in [0.1, 0.15) is 12.8 Å². The molecule has 0 aliphatic heterocycles. The largest absolute Gasteiger partial charge is 0.466 e. The SMILES string of the molecule is CCOC(=O)CC(=O)c1ccc(C(=O)CC(=O)OCC)cc1. The number of ether oxygens (including phenoxy) is 2. The van der Waals surface area contributed by atoms with Crippen LogP contribution in [0.15, 0.2) is 24.3 Å². The Morgan fingerprint density at radius 2 is 1.05 bits per heavy atom. The molecule has 0 radical (unpaired) electrons. The summed E-state index contributed by atoms with van der Waals surface area (Å²) in [6.45, 7) is 3.75. The second kappa shape index (κ2) is 8.71. The van der Waals surface area contributed by atoms with Gasteiger partial charge in [0.25, 0.3) is 0 Å². The molecule has 6 nitrogen and oxygen atoms in total.